The van der Waals surface area contributed by atoms with Crippen molar-refractivity contribution in [3.63, 3.8) is 0 Å². The van der Waals surface area contributed by atoms with Crippen LogP contribution in [-0.2, 0) is 11.2 Å². The van der Waals surface area contributed by atoms with Gasteiger partial charge < -0.3 is 20.5 Å². The molecule has 0 atom stereocenters. The van der Waals surface area contributed by atoms with E-state index < -0.39 is 5.54 Å². The van der Waals surface area contributed by atoms with Crippen LogP contribution in [0.1, 0.15) is 45.1 Å². The highest BCUT2D eigenvalue weighted by molar-refractivity contribution is 5.86. The van der Waals surface area contributed by atoms with Crippen LogP contribution in [-0.4, -0.2) is 31.2 Å². The molecule has 0 spiro atoms. The normalized spacial score (nSPS) is 15.5. The Morgan fingerprint density at radius 1 is 1.17 bits per heavy atom. The van der Waals surface area contributed by atoms with Crippen molar-refractivity contribution in [2.45, 2.75) is 51.5 Å². The third-order valence-corrected chi connectivity index (χ3v) is 4.26. The van der Waals surface area contributed by atoms with Crippen molar-refractivity contribution in [2.24, 2.45) is 5.73 Å². The Labute approximate surface area is 150 Å². The highest BCUT2D eigenvalue weighted by atomic mass is 35.5. The molecule has 0 aromatic heterocycles. The second-order valence-corrected chi connectivity index (χ2v) is 6.02. The van der Waals surface area contributed by atoms with Gasteiger partial charge in [0.25, 0.3) is 0 Å². The molecule has 1 amide bonds. The maximum absolute atomic E-state index is 12.2. The van der Waals surface area contributed by atoms with Crippen LogP contribution in [0.15, 0.2) is 18.2 Å². The van der Waals surface area contributed by atoms with Crippen LogP contribution in [0.2, 0.25) is 0 Å². The Kier molecular flexibility index (Phi) is 8.36. The number of amides is 1. The number of benzene rings is 1. The quantitative estimate of drug-likeness (QED) is 0.751. The van der Waals surface area contributed by atoms with Crippen molar-refractivity contribution in [3.05, 3.63) is 23.8 Å². The number of hydrogen-bond donors (Lipinski definition) is 2. The molecule has 3 N–H and O–H groups in total. The zero-order chi connectivity index (χ0) is 16.7. The largest absolute Gasteiger partial charge is 0.490 e. The van der Waals surface area contributed by atoms with E-state index in [9.17, 15) is 4.79 Å². The average molecular weight is 357 g/mol. The summed E-state index contributed by atoms with van der Waals surface area (Å²) >= 11 is 0. The minimum Gasteiger partial charge on any atom is -0.490 e. The van der Waals surface area contributed by atoms with Crippen LogP contribution in [0.25, 0.3) is 0 Å². The summed E-state index contributed by atoms with van der Waals surface area (Å²) in [5.41, 5.74) is 6.60. The Hall–Kier alpha value is -1.46. The van der Waals surface area contributed by atoms with Gasteiger partial charge in [-0.1, -0.05) is 18.9 Å². The van der Waals surface area contributed by atoms with Crippen LogP contribution in [0.5, 0.6) is 11.5 Å². The summed E-state index contributed by atoms with van der Waals surface area (Å²) < 4.78 is 11.2. The minimum absolute atomic E-state index is 0. The monoisotopic (exact) mass is 356 g/mol. The van der Waals surface area contributed by atoms with E-state index >= 15 is 0 Å². The van der Waals surface area contributed by atoms with Gasteiger partial charge in [-0.25, -0.2) is 0 Å². The maximum Gasteiger partial charge on any atom is 0.240 e. The highest BCUT2D eigenvalue weighted by Crippen LogP contribution is 2.29. The summed E-state index contributed by atoms with van der Waals surface area (Å²) in [5, 5.41) is 2.97. The Balaban J connectivity index is 0.00000288. The van der Waals surface area contributed by atoms with E-state index in [1.165, 1.54) is 0 Å². The van der Waals surface area contributed by atoms with E-state index in [-0.39, 0.29) is 18.3 Å². The van der Waals surface area contributed by atoms with Crippen molar-refractivity contribution in [3.8, 4) is 11.5 Å². The van der Waals surface area contributed by atoms with E-state index in [1.807, 2.05) is 32.0 Å². The number of carbonyl (C=O) groups is 1. The van der Waals surface area contributed by atoms with E-state index in [2.05, 4.69) is 5.32 Å². The standard InChI is InChI=1S/C18H28N2O3.ClH/c1-3-22-15-8-7-14(13-16(15)23-4-2)9-12-20-17(21)18(19)10-5-6-11-18;/h7-8,13H,3-6,9-12,19H2,1-2H3,(H,20,21);1H. The Morgan fingerprint density at radius 3 is 2.42 bits per heavy atom. The molecule has 0 saturated heterocycles. The minimum atomic E-state index is -0.657. The predicted molar refractivity (Wildman–Crippen MR) is 98.1 cm³/mol. The molecule has 0 unspecified atom stereocenters. The first-order chi connectivity index (χ1) is 11.1. The topological polar surface area (TPSA) is 73.6 Å². The first-order valence-corrected chi connectivity index (χ1v) is 8.54. The molecule has 1 aromatic carbocycles. The summed E-state index contributed by atoms with van der Waals surface area (Å²) in [5.74, 6) is 1.49. The first-order valence-electron chi connectivity index (χ1n) is 8.54. The van der Waals surface area contributed by atoms with Crippen molar-refractivity contribution in [1.29, 1.82) is 0 Å². The zero-order valence-electron chi connectivity index (χ0n) is 14.6. The van der Waals surface area contributed by atoms with Crippen LogP contribution in [0.4, 0.5) is 0 Å². The number of ether oxygens (including phenoxy) is 2. The van der Waals surface area contributed by atoms with E-state index in [0.29, 0.717) is 19.8 Å². The highest BCUT2D eigenvalue weighted by Gasteiger charge is 2.36. The zero-order valence-corrected chi connectivity index (χ0v) is 15.4. The number of nitrogens with one attached hydrogen (secondary N) is 1. The lowest BCUT2D eigenvalue weighted by molar-refractivity contribution is -0.126. The van der Waals surface area contributed by atoms with Gasteiger partial charge in [0.05, 0.1) is 18.8 Å². The maximum atomic E-state index is 12.2. The second-order valence-electron chi connectivity index (χ2n) is 6.02. The van der Waals surface area contributed by atoms with Crippen LogP contribution in [0, 0.1) is 0 Å². The van der Waals surface area contributed by atoms with Gasteiger partial charge in [-0.15, -0.1) is 12.4 Å². The van der Waals surface area contributed by atoms with E-state index in [4.69, 9.17) is 15.2 Å². The van der Waals surface area contributed by atoms with Gasteiger partial charge in [0.15, 0.2) is 11.5 Å². The molecule has 0 heterocycles. The third kappa shape index (κ3) is 5.28. The first kappa shape index (κ1) is 20.6. The van der Waals surface area contributed by atoms with Crippen molar-refractivity contribution in [1.82, 2.24) is 5.32 Å². The smallest absolute Gasteiger partial charge is 0.240 e. The molecule has 0 radical (unpaired) electrons. The molecule has 1 saturated carbocycles. The van der Waals surface area contributed by atoms with Gasteiger partial charge in [0.1, 0.15) is 0 Å². The summed E-state index contributed by atoms with van der Waals surface area (Å²) in [4.78, 5) is 12.2. The fraction of sp³-hybridized carbons (Fsp3) is 0.611. The lowest BCUT2D eigenvalue weighted by Crippen LogP contribution is -2.52. The van der Waals surface area contributed by atoms with Crippen LogP contribution >= 0.6 is 12.4 Å². The SMILES string of the molecule is CCOc1ccc(CCNC(=O)C2(N)CCCC2)cc1OCC.Cl. The molecule has 2 rings (SSSR count). The van der Waals surface area contributed by atoms with Gasteiger partial charge in [-0.05, 0) is 50.8 Å². The third-order valence-electron chi connectivity index (χ3n) is 4.26. The lowest BCUT2D eigenvalue weighted by atomic mass is 9.98. The van der Waals surface area contributed by atoms with Gasteiger partial charge in [-0.2, -0.15) is 0 Å². The number of nitrogens with two attached hydrogens (primary N) is 1. The molecule has 1 aliphatic rings. The summed E-state index contributed by atoms with van der Waals surface area (Å²) in [6, 6.07) is 5.91. The Morgan fingerprint density at radius 2 is 1.79 bits per heavy atom. The predicted octanol–water partition coefficient (Wildman–Crippen LogP) is 2.84. The fourth-order valence-electron chi connectivity index (χ4n) is 2.98. The molecular weight excluding hydrogens is 328 g/mol. The number of rotatable bonds is 8. The summed E-state index contributed by atoms with van der Waals surface area (Å²) in [6.45, 7) is 5.68. The molecular formula is C18H29ClN2O3. The van der Waals surface area contributed by atoms with Gasteiger partial charge in [0.2, 0.25) is 5.91 Å². The number of halogens is 1. The molecule has 1 aliphatic carbocycles. The molecule has 6 heteroatoms. The van der Waals surface area contributed by atoms with Crippen LogP contribution < -0.4 is 20.5 Å². The number of carbonyl (C=O) groups excluding carboxylic acids is 1. The van der Waals surface area contributed by atoms with E-state index in [0.717, 1.165) is 49.2 Å². The van der Waals surface area contributed by atoms with Crippen LogP contribution in [0.3, 0.4) is 0 Å². The molecule has 0 bridgehead atoms. The Bertz CT molecular complexity index is 531. The molecule has 0 aliphatic heterocycles. The van der Waals surface area contributed by atoms with Gasteiger partial charge in [-0.3, -0.25) is 4.79 Å². The fourth-order valence-corrected chi connectivity index (χ4v) is 2.98. The van der Waals surface area contributed by atoms with Crippen molar-refractivity contribution >= 4 is 18.3 Å². The molecule has 5 nitrogen and oxygen atoms in total. The van der Waals surface area contributed by atoms with Gasteiger partial charge in [0, 0.05) is 6.54 Å². The number of hydrogen-bond acceptors (Lipinski definition) is 4. The molecule has 24 heavy (non-hydrogen) atoms. The van der Waals surface area contributed by atoms with Crippen molar-refractivity contribution < 1.29 is 14.3 Å². The lowest BCUT2D eigenvalue weighted by Gasteiger charge is -2.22. The van der Waals surface area contributed by atoms with Crippen molar-refractivity contribution in [2.75, 3.05) is 19.8 Å². The van der Waals surface area contributed by atoms with E-state index in [1.54, 1.807) is 0 Å². The summed E-state index contributed by atoms with van der Waals surface area (Å²) in [6.07, 6.45) is 4.40. The molecule has 136 valence electrons. The molecule has 1 aromatic rings. The second kappa shape index (κ2) is 9.74. The molecule has 1 fully saturated rings. The summed E-state index contributed by atoms with van der Waals surface area (Å²) in [7, 11) is 0. The van der Waals surface area contributed by atoms with Gasteiger partial charge >= 0.3 is 0 Å². The average Bonchev–Trinajstić information content (AvgIpc) is 2.98.